The highest BCUT2D eigenvalue weighted by Gasteiger charge is 2.18. The molecule has 0 aliphatic carbocycles. The second kappa shape index (κ2) is 8.17. The SMILES string of the molecule is Cc1ccccc1-n1c(SCc2ccccc2F)nnc1-c1ccc(Cl)cc1. The van der Waals surface area contributed by atoms with Crippen LogP contribution in [0.25, 0.3) is 17.1 Å². The molecule has 0 N–H and O–H groups in total. The molecule has 1 heterocycles. The first-order valence-corrected chi connectivity index (χ1v) is 10.1. The normalized spacial score (nSPS) is 11.0. The minimum atomic E-state index is -0.213. The third-order valence-corrected chi connectivity index (χ3v) is 5.64. The van der Waals surface area contributed by atoms with Gasteiger partial charge in [-0.2, -0.15) is 0 Å². The first-order valence-electron chi connectivity index (χ1n) is 8.77. The van der Waals surface area contributed by atoms with Gasteiger partial charge in [0, 0.05) is 16.3 Å². The monoisotopic (exact) mass is 409 g/mol. The van der Waals surface area contributed by atoms with E-state index in [0.29, 0.717) is 21.5 Å². The van der Waals surface area contributed by atoms with E-state index >= 15 is 0 Å². The Morgan fingerprint density at radius 2 is 1.64 bits per heavy atom. The van der Waals surface area contributed by atoms with Crippen molar-refractivity contribution in [1.29, 1.82) is 0 Å². The Kier molecular flexibility index (Phi) is 5.46. The molecule has 4 aromatic rings. The molecule has 4 rings (SSSR count). The molecular weight excluding hydrogens is 393 g/mol. The zero-order valence-corrected chi connectivity index (χ0v) is 16.7. The van der Waals surface area contributed by atoms with Crippen molar-refractivity contribution >= 4 is 23.4 Å². The van der Waals surface area contributed by atoms with Gasteiger partial charge in [-0.1, -0.05) is 59.8 Å². The zero-order valence-electron chi connectivity index (χ0n) is 15.1. The molecule has 1 aromatic heterocycles. The predicted octanol–water partition coefficient (Wildman–Crippen LogP) is 6.33. The Bertz CT molecular complexity index is 1110. The van der Waals surface area contributed by atoms with E-state index in [1.54, 1.807) is 12.1 Å². The number of aryl methyl sites for hydroxylation is 1. The first kappa shape index (κ1) is 18.7. The molecule has 28 heavy (non-hydrogen) atoms. The number of aromatic nitrogens is 3. The molecule has 6 heteroatoms. The van der Waals surface area contributed by atoms with Crippen molar-refractivity contribution in [1.82, 2.24) is 14.8 Å². The van der Waals surface area contributed by atoms with Crippen LogP contribution in [0.5, 0.6) is 0 Å². The zero-order chi connectivity index (χ0) is 19.5. The number of halogens is 2. The third-order valence-electron chi connectivity index (χ3n) is 4.41. The predicted molar refractivity (Wildman–Crippen MR) is 113 cm³/mol. The van der Waals surface area contributed by atoms with E-state index in [1.807, 2.05) is 66.1 Å². The maximum atomic E-state index is 14.0. The van der Waals surface area contributed by atoms with Crippen LogP contribution in [0, 0.1) is 12.7 Å². The number of hydrogen-bond acceptors (Lipinski definition) is 3. The molecule has 0 aliphatic heterocycles. The standard InChI is InChI=1S/C22H17ClFN3S/c1-15-6-2-5-9-20(15)27-21(16-10-12-18(23)13-11-16)25-26-22(27)28-14-17-7-3-4-8-19(17)24/h2-13H,14H2,1H3. The topological polar surface area (TPSA) is 30.7 Å². The number of benzene rings is 3. The van der Waals surface area contributed by atoms with Gasteiger partial charge in [-0.25, -0.2) is 4.39 Å². The summed E-state index contributed by atoms with van der Waals surface area (Å²) in [5.41, 5.74) is 3.65. The Hall–Kier alpha value is -2.63. The number of thioether (sulfide) groups is 1. The molecule has 0 aliphatic rings. The first-order chi connectivity index (χ1) is 13.6. The Balaban J connectivity index is 1.77. The van der Waals surface area contributed by atoms with Gasteiger partial charge in [0.25, 0.3) is 0 Å². The van der Waals surface area contributed by atoms with Gasteiger partial charge in [-0.3, -0.25) is 4.57 Å². The largest absolute Gasteiger partial charge is 0.270 e. The second-order valence-corrected chi connectivity index (χ2v) is 7.69. The van der Waals surface area contributed by atoms with Crippen LogP contribution in [0.3, 0.4) is 0 Å². The van der Waals surface area contributed by atoms with E-state index in [-0.39, 0.29) is 5.82 Å². The van der Waals surface area contributed by atoms with Crippen LogP contribution >= 0.6 is 23.4 Å². The van der Waals surface area contributed by atoms with Gasteiger partial charge in [0.15, 0.2) is 11.0 Å². The summed E-state index contributed by atoms with van der Waals surface area (Å²) in [4.78, 5) is 0. The van der Waals surface area contributed by atoms with Crippen LogP contribution in [0.2, 0.25) is 5.02 Å². The summed E-state index contributed by atoms with van der Waals surface area (Å²) in [7, 11) is 0. The minimum absolute atomic E-state index is 0.213. The van der Waals surface area contributed by atoms with Crippen molar-refractivity contribution in [3.8, 4) is 17.1 Å². The molecule has 3 nitrogen and oxygen atoms in total. The van der Waals surface area contributed by atoms with Crippen LogP contribution in [0.15, 0.2) is 78.0 Å². The number of rotatable bonds is 5. The van der Waals surface area contributed by atoms with Gasteiger partial charge >= 0.3 is 0 Å². The maximum absolute atomic E-state index is 14.0. The Morgan fingerprint density at radius 1 is 0.929 bits per heavy atom. The summed E-state index contributed by atoms with van der Waals surface area (Å²) in [6.07, 6.45) is 0. The van der Waals surface area contributed by atoms with Gasteiger partial charge in [0.05, 0.1) is 5.69 Å². The van der Waals surface area contributed by atoms with E-state index in [9.17, 15) is 4.39 Å². The van der Waals surface area contributed by atoms with Crippen molar-refractivity contribution in [3.05, 3.63) is 94.8 Å². The van der Waals surface area contributed by atoms with Crippen LogP contribution < -0.4 is 0 Å². The van der Waals surface area contributed by atoms with Crippen molar-refractivity contribution in [3.63, 3.8) is 0 Å². The van der Waals surface area contributed by atoms with E-state index in [1.165, 1.54) is 17.8 Å². The smallest absolute Gasteiger partial charge is 0.196 e. The molecule has 0 radical (unpaired) electrons. The molecule has 3 aromatic carbocycles. The van der Waals surface area contributed by atoms with E-state index in [0.717, 1.165) is 22.6 Å². The molecule has 0 atom stereocenters. The van der Waals surface area contributed by atoms with Crippen molar-refractivity contribution in [2.24, 2.45) is 0 Å². The minimum Gasteiger partial charge on any atom is -0.270 e. The summed E-state index contributed by atoms with van der Waals surface area (Å²) in [5.74, 6) is 0.981. The third kappa shape index (κ3) is 3.81. The summed E-state index contributed by atoms with van der Waals surface area (Å²) in [5, 5.41) is 10.2. The highest BCUT2D eigenvalue weighted by molar-refractivity contribution is 7.98. The molecule has 0 amide bonds. The molecular formula is C22H17ClFN3S. The maximum Gasteiger partial charge on any atom is 0.196 e. The fourth-order valence-electron chi connectivity index (χ4n) is 2.94. The highest BCUT2D eigenvalue weighted by Crippen LogP contribution is 2.31. The second-order valence-electron chi connectivity index (χ2n) is 6.32. The molecule has 0 bridgehead atoms. The van der Waals surface area contributed by atoms with E-state index < -0.39 is 0 Å². The number of nitrogens with zero attached hydrogens (tertiary/aromatic N) is 3. The summed E-state index contributed by atoms with van der Waals surface area (Å²) in [6, 6.07) is 22.4. The van der Waals surface area contributed by atoms with Gasteiger partial charge in [0.1, 0.15) is 5.82 Å². The summed E-state index contributed by atoms with van der Waals surface area (Å²) < 4.78 is 16.0. The lowest BCUT2D eigenvalue weighted by molar-refractivity contribution is 0.617. The van der Waals surface area contributed by atoms with Gasteiger partial charge in [-0.15, -0.1) is 10.2 Å². The van der Waals surface area contributed by atoms with Crippen molar-refractivity contribution < 1.29 is 4.39 Å². The fraction of sp³-hybridized carbons (Fsp3) is 0.0909. The van der Waals surface area contributed by atoms with E-state index in [4.69, 9.17) is 11.6 Å². The van der Waals surface area contributed by atoms with Crippen molar-refractivity contribution in [2.75, 3.05) is 0 Å². The van der Waals surface area contributed by atoms with Gasteiger partial charge in [-0.05, 0) is 54.4 Å². The highest BCUT2D eigenvalue weighted by atomic mass is 35.5. The molecule has 140 valence electrons. The van der Waals surface area contributed by atoms with Gasteiger partial charge in [0.2, 0.25) is 0 Å². The molecule has 0 saturated carbocycles. The van der Waals surface area contributed by atoms with Crippen LogP contribution in [0.4, 0.5) is 4.39 Å². The Morgan fingerprint density at radius 3 is 2.39 bits per heavy atom. The van der Waals surface area contributed by atoms with Crippen molar-refractivity contribution in [2.45, 2.75) is 17.8 Å². The molecule has 0 spiro atoms. The summed E-state index contributed by atoms with van der Waals surface area (Å²) >= 11 is 7.50. The quantitative estimate of drug-likeness (QED) is 0.361. The van der Waals surface area contributed by atoms with E-state index in [2.05, 4.69) is 10.2 Å². The van der Waals surface area contributed by atoms with Crippen LogP contribution in [-0.2, 0) is 5.75 Å². The molecule has 0 unspecified atom stereocenters. The average Bonchev–Trinajstić information content (AvgIpc) is 3.12. The van der Waals surface area contributed by atoms with Gasteiger partial charge < -0.3 is 0 Å². The number of hydrogen-bond donors (Lipinski definition) is 0. The average molecular weight is 410 g/mol. The lowest BCUT2D eigenvalue weighted by Crippen LogP contribution is -2.02. The summed E-state index contributed by atoms with van der Waals surface area (Å²) in [6.45, 7) is 2.05. The van der Waals surface area contributed by atoms with Crippen LogP contribution in [-0.4, -0.2) is 14.8 Å². The molecule has 0 saturated heterocycles. The number of para-hydroxylation sites is 1. The fourth-order valence-corrected chi connectivity index (χ4v) is 4.00. The Labute approximate surface area is 172 Å². The van der Waals surface area contributed by atoms with Crippen LogP contribution in [0.1, 0.15) is 11.1 Å². The lowest BCUT2D eigenvalue weighted by Gasteiger charge is -2.13. The lowest BCUT2D eigenvalue weighted by atomic mass is 10.1. The molecule has 0 fully saturated rings.